The number of nitrogens with zero attached hydrogens (tertiary/aromatic N) is 1. The third-order valence-corrected chi connectivity index (χ3v) is 4.06. The van der Waals surface area contributed by atoms with Crippen molar-refractivity contribution in [2.24, 2.45) is 5.92 Å². The number of carbonyl (C=O) groups is 2. The molecule has 2 unspecified atom stereocenters. The summed E-state index contributed by atoms with van der Waals surface area (Å²) in [4.78, 5) is 25.0. The SMILES string of the molecule is CC1(C)OC(=O)C=C(CC2CN(CB=O)C3C(=O)N[C@H]23)O1. The van der Waals surface area contributed by atoms with Gasteiger partial charge in [-0.05, 0) is 0 Å². The van der Waals surface area contributed by atoms with Crippen LogP contribution < -0.4 is 5.32 Å². The molecule has 7 nitrogen and oxygen atoms in total. The summed E-state index contributed by atoms with van der Waals surface area (Å²) < 4.78 is 21.4. The number of nitrogens with one attached hydrogen (secondary N) is 1. The van der Waals surface area contributed by atoms with Crippen LogP contribution >= 0.6 is 0 Å². The van der Waals surface area contributed by atoms with Gasteiger partial charge < -0.3 is 0 Å². The van der Waals surface area contributed by atoms with Crippen LogP contribution in [0.5, 0.6) is 0 Å². The van der Waals surface area contributed by atoms with Gasteiger partial charge in [-0.3, -0.25) is 0 Å². The van der Waals surface area contributed by atoms with Crippen LogP contribution in [0.15, 0.2) is 11.8 Å². The van der Waals surface area contributed by atoms with Gasteiger partial charge in [0.15, 0.2) is 0 Å². The molecule has 0 aromatic rings. The number of hydrogen-bond donors (Lipinski definition) is 1. The van der Waals surface area contributed by atoms with Crippen molar-refractivity contribution < 1.29 is 23.8 Å². The molecular weight excluding hydrogens is 275 g/mol. The number of esters is 1. The first-order valence-corrected chi connectivity index (χ1v) is 7.00. The summed E-state index contributed by atoms with van der Waals surface area (Å²) in [5.41, 5.74) is 0. The summed E-state index contributed by atoms with van der Waals surface area (Å²) >= 11 is 0. The van der Waals surface area contributed by atoms with Crippen LogP contribution in [-0.4, -0.2) is 54.8 Å². The van der Waals surface area contributed by atoms with Crippen LogP contribution in [0.1, 0.15) is 20.3 Å². The molecule has 1 amide bonds. The third-order valence-electron chi connectivity index (χ3n) is 4.06. The molecule has 0 aromatic heterocycles. The van der Waals surface area contributed by atoms with Crippen molar-refractivity contribution in [3.8, 4) is 0 Å². The van der Waals surface area contributed by atoms with E-state index in [0.717, 1.165) is 7.15 Å². The maximum atomic E-state index is 11.6. The molecule has 3 aliphatic heterocycles. The second-order valence-electron chi connectivity index (χ2n) is 6.10. The van der Waals surface area contributed by atoms with E-state index in [9.17, 15) is 14.3 Å². The molecule has 1 N–H and O–H groups in total. The summed E-state index contributed by atoms with van der Waals surface area (Å²) in [7, 11) is 0.807. The Balaban J connectivity index is 1.70. The van der Waals surface area contributed by atoms with Crippen LogP contribution in [0.3, 0.4) is 0 Å². The molecule has 2 saturated heterocycles. The fourth-order valence-corrected chi connectivity index (χ4v) is 3.30. The molecule has 0 saturated carbocycles. The molecule has 0 spiro atoms. The van der Waals surface area contributed by atoms with E-state index in [1.807, 2.05) is 4.90 Å². The molecule has 3 heterocycles. The number of hydrogen-bond acceptors (Lipinski definition) is 6. The summed E-state index contributed by atoms with van der Waals surface area (Å²) in [5.74, 6) is -0.736. The third kappa shape index (κ3) is 2.59. The first-order chi connectivity index (χ1) is 9.89. The Morgan fingerprint density at radius 1 is 1.43 bits per heavy atom. The second-order valence-corrected chi connectivity index (χ2v) is 6.10. The van der Waals surface area contributed by atoms with Gasteiger partial charge in [-0.25, -0.2) is 0 Å². The Hall–Kier alpha value is -1.70. The Bertz CT molecular complexity index is 533. The monoisotopic (exact) mass is 292 g/mol. The van der Waals surface area contributed by atoms with Gasteiger partial charge in [0.2, 0.25) is 0 Å². The molecule has 3 atom stereocenters. The van der Waals surface area contributed by atoms with Crippen LogP contribution in [-0.2, 0) is 23.8 Å². The summed E-state index contributed by atoms with van der Waals surface area (Å²) in [5, 5.41) is 2.87. The van der Waals surface area contributed by atoms with Gasteiger partial charge in [0, 0.05) is 0 Å². The Morgan fingerprint density at radius 2 is 2.19 bits per heavy atom. The standard InChI is InChI=1S/C13H17BN2O5/c1-13(2)20-8(4-9(17)21-13)3-7-5-16(6-14-19)11-10(7)15-12(11)18/h4,7,10-11H,3,5-6H2,1-2H3,(H,15,18)/t7?,10-,11?/m1/s1. The first kappa shape index (κ1) is 14.3. The molecule has 0 aromatic carbocycles. The number of likely N-dealkylation sites (tertiary alicyclic amines) is 1. The molecule has 8 heteroatoms. The zero-order valence-corrected chi connectivity index (χ0v) is 12.0. The van der Waals surface area contributed by atoms with Crippen LogP contribution in [0.25, 0.3) is 0 Å². The zero-order valence-electron chi connectivity index (χ0n) is 12.0. The normalized spacial score (nSPS) is 33.8. The van der Waals surface area contributed by atoms with Crippen molar-refractivity contribution in [1.82, 2.24) is 10.2 Å². The molecule has 3 aliphatic rings. The van der Waals surface area contributed by atoms with E-state index in [2.05, 4.69) is 5.32 Å². The number of cyclic esters (lactones) is 1. The predicted octanol–water partition coefficient (Wildman–Crippen LogP) is -0.624. The maximum absolute atomic E-state index is 11.6. The number of rotatable bonds is 4. The number of β-lactam (4-membered cyclic amide) rings is 1. The van der Waals surface area contributed by atoms with Gasteiger partial charge >= 0.3 is 122 Å². The summed E-state index contributed by atoms with van der Waals surface area (Å²) in [6.07, 6.45) is 2.14. The van der Waals surface area contributed by atoms with Gasteiger partial charge in [-0.15, -0.1) is 0 Å². The number of fused-ring (bicyclic) bond motifs is 1. The Kier molecular flexibility index (Phi) is 3.35. The molecular formula is C13H17BN2O5. The van der Waals surface area contributed by atoms with Gasteiger partial charge in [0.05, 0.1) is 0 Å². The fourth-order valence-electron chi connectivity index (χ4n) is 3.30. The Labute approximate surface area is 122 Å². The van der Waals surface area contributed by atoms with E-state index < -0.39 is 11.8 Å². The van der Waals surface area contributed by atoms with E-state index in [4.69, 9.17) is 9.47 Å². The number of carbonyl (C=O) groups excluding carboxylic acids is 2. The van der Waals surface area contributed by atoms with E-state index in [1.165, 1.54) is 6.08 Å². The van der Waals surface area contributed by atoms with Gasteiger partial charge in [0.1, 0.15) is 0 Å². The van der Waals surface area contributed by atoms with E-state index in [1.54, 1.807) is 13.8 Å². The van der Waals surface area contributed by atoms with Gasteiger partial charge in [-0.2, -0.15) is 0 Å². The van der Waals surface area contributed by atoms with Crippen LogP contribution in [0, 0.1) is 5.92 Å². The average Bonchev–Trinajstić information content (AvgIpc) is 2.58. The van der Waals surface area contributed by atoms with Crippen molar-refractivity contribution in [1.29, 1.82) is 0 Å². The minimum atomic E-state index is -0.968. The number of allylic oxidation sites excluding steroid dienone is 1. The molecule has 0 radical (unpaired) electrons. The predicted molar refractivity (Wildman–Crippen MR) is 71.2 cm³/mol. The van der Waals surface area contributed by atoms with Crippen molar-refractivity contribution in [3.05, 3.63) is 11.8 Å². The number of ether oxygens (including phenoxy) is 2. The quantitative estimate of drug-likeness (QED) is 0.422. The van der Waals surface area contributed by atoms with E-state index >= 15 is 0 Å². The van der Waals surface area contributed by atoms with Crippen molar-refractivity contribution in [3.63, 3.8) is 0 Å². The molecule has 112 valence electrons. The Morgan fingerprint density at radius 3 is 2.81 bits per heavy atom. The molecule has 0 aliphatic carbocycles. The topological polar surface area (TPSA) is 84.9 Å². The zero-order chi connectivity index (χ0) is 15.2. The molecule has 21 heavy (non-hydrogen) atoms. The molecule has 3 rings (SSSR count). The fraction of sp³-hybridized carbons (Fsp3) is 0.692. The molecule has 2 fully saturated rings. The van der Waals surface area contributed by atoms with Crippen LogP contribution in [0.2, 0.25) is 0 Å². The minimum absolute atomic E-state index is 0.0167. The van der Waals surface area contributed by atoms with Crippen molar-refractivity contribution in [2.45, 2.75) is 38.1 Å². The van der Waals surface area contributed by atoms with E-state index in [-0.39, 0.29) is 30.4 Å². The second kappa shape index (κ2) is 4.94. The molecule has 0 bridgehead atoms. The first-order valence-electron chi connectivity index (χ1n) is 7.00. The van der Waals surface area contributed by atoms with Crippen molar-refractivity contribution in [2.75, 3.05) is 13.0 Å². The average molecular weight is 292 g/mol. The summed E-state index contributed by atoms with van der Waals surface area (Å²) in [6, 6.07) is -0.215. The van der Waals surface area contributed by atoms with Crippen LogP contribution in [0.4, 0.5) is 0 Å². The van der Waals surface area contributed by atoms with E-state index in [0.29, 0.717) is 18.7 Å². The van der Waals surface area contributed by atoms with Crippen molar-refractivity contribution >= 4 is 19.0 Å². The number of amides is 1. The van der Waals surface area contributed by atoms with Gasteiger partial charge in [0.25, 0.3) is 0 Å². The van der Waals surface area contributed by atoms with Gasteiger partial charge in [-0.1, -0.05) is 0 Å². The summed E-state index contributed by atoms with van der Waals surface area (Å²) in [6.45, 7) is 3.99.